The number of benzene rings is 1. The van der Waals surface area contributed by atoms with Gasteiger partial charge in [0.1, 0.15) is 6.07 Å². The average Bonchev–Trinajstić information content (AvgIpc) is 2.36. The summed E-state index contributed by atoms with van der Waals surface area (Å²) in [5.41, 5.74) is 0.611. The molecule has 0 heterocycles. The number of aliphatic hydroxyl groups excluding tert-OH is 1. The lowest BCUT2D eigenvalue weighted by atomic mass is 10.2. The Hall–Kier alpha value is -2.30. The molecule has 0 bridgehead atoms. The zero-order chi connectivity index (χ0) is 14.4. The quantitative estimate of drug-likeness (QED) is 0.650. The lowest BCUT2D eigenvalue weighted by molar-refractivity contribution is -0.146. The van der Waals surface area contributed by atoms with Crippen LogP contribution in [0.25, 0.3) is 0 Å². The van der Waals surface area contributed by atoms with E-state index < -0.39 is 24.6 Å². The number of carbonyl (C=O) groups is 2. The third-order valence-electron chi connectivity index (χ3n) is 2.09. The van der Waals surface area contributed by atoms with Gasteiger partial charge in [0.25, 0.3) is 0 Å². The first kappa shape index (κ1) is 14.8. The van der Waals surface area contributed by atoms with E-state index in [0.29, 0.717) is 5.69 Å². The number of carboxylic acid groups (broad SMARTS) is 1. The van der Waals surface area contributed by atoms with E-state index in [0.717, 1.165) is 0 Å². The van der Waals surface area contributed by atoms with Gasteiger partial charge in [-0.2, -0.15) is 5.26 Å². The highest BCUT2D eigenvalue weighted by atomic mass is 35.5. The third-order valence-corrected chi connectivity index (χ3v) is 2.40. The summed E-state index contributed by atoms with van der Waals surface area (Å²) in [5.74, 6) is -1.43. The molecule has 0 saturated heterocycles. The molecule has 8 heteroatoms. The third kappa shape index (κ3) is 4.46. The van der Waals surface area contributed by atoms with Gasteiger partial charge in [0.15, 0.2) is 6.10 Å². The standard InChI is InChI=1S/C11H10ClN3O4/c12-8-3-7(2-1-6(8)4-13)15-11(19)14-5-9(16)10(17)18/h1-3,9,16H,5H2,(H,17,18)(H2,14,15,19)/t9-/m0/s1. The van der Waals surface area contributed by atoms with Crippen molar-refractivity contribution in [2.45, 2.75) is 6.10 Å². The zero-order valence-electron chi connectivity index (χ0n) is 9.55. The second kappa shape index (κ2) is 6.58. The average molecular weight is 284 g/mol. The number of hydrogen-bond donors (Lipinski definition) is 4. The first-order valence-electron chi connectivity index (χ1n) is 5.09. The van der Waals surface area contributed by atoms with E-state index in [2.05, 4.69) is 10.6 Å². The Morgan fingerprint density at radius 2 is 2.16 bits per heavy atom. The van der Waals surface area contributed by atoms with Crippen LogP contribution in [0.2, 0.25) is 5.02 Å². The van der Waals surface area contributed by atoms with Crippen molar-refractivity contribution in [3.63, 3.8) is 0 Å². The van der Waals surface area contributed by atoms with Gasteiger partial charge in [0, 0.05) is 5.69 Å². The van der Waals surface area contributed by atoms with Gasteiger partial charge in [-0.25, -0.2) is 9.59 Å². The molecular weight excluding hydrogens is 274 g/mol. The maximum Gasteiger partial charge on any atom is 0.334 e. The summed E-state index contributed by atoms with van der Waals surface area (Å²) in [5, 5.41) is 30.8. The normalized spacial score (nSPS) is 11.2. The molecule has 0 aliphatic heterocycles. The van der Waals surface area contributed by atoms with Gasteiger partial charge in [0.05, 0.1) is 17.1 Å². The fraction of sp³-hybridized carbons (Fsp3) is 0.182. The molecule has 0 saturated carbocycles. The minimum Gasteiger partial charge on any atom is -0.479 e. The SMILES string of the molecule is N#Cc1ccc(NC(=O)NC[C@H](O)C(=O)O)cc1Cl. The van der Waals surface area contributed by atoms with Gasteiger partial charge < -0.3 is 20.8 Å². The summed E-state index contributed by atoms with van der Waals surface area (Å²) in [7, 11) is 0. The van der Waals surface area contributed by atoms with Crippen LogP contribution in [0.4, 0.5) is 10.5 Å². The van der Waals surface area contributed by atoms with Gasteiger partial charge in [-0.1, -0.05) is 11.6 Å². The molecule has 1 rings (SSSR count). The molecule has 4 N–H and O–H groups in total. The van der Waals surface area contributed by atoms with Gasteiger partial charge >= 0.3 is 12.0 Å². The number of carbonyl (C=O) groups excluding carboxylic acids is 1. The number of amides is 2. The van der Waals surface area contributed by atoms with Gasteiger partial charge in [0.2, 0.25) is 0 Å². The fourth-order valence-electron chi connectivity index (χ4n) is 1.14. The molecule has 0 unspecified atom stereocenters. The zero-order valence-corrected chi connectivity index (χ0v) is 10.3. The van der Waals surface area contributed by atoms with Crippen LogP contribution in [0.1, 0.15) is 5.56 Å². The summed E-state index contributed by atoms with van der Waals surface area (Å²) >= 11 is 5.77. The van der Waals surface area contributed by atoms with Gasteiger partial charge in [-0.3, -0.25) is 0 Å². The van der Waals surface area contributed by atoms with E-state index >= 15 is 0 Å². The predicted octanol–water partition coefficient (Wildman–Crippen LogP) is 0.779. The van der Waals surface area contributed by atoms with Gasteiger partial charge in [-0.05, 0) is 18.2 Å². The van der Waals surface area contributed by atoms with E-state index in [1.54, 1.807) is 0 Å². The molecule has 0 spiro atoms. The second-order valence-corrected chi connectivity index (χ2v) is 3.90. The molecule has 1 aromatic carbocycles. The van der Waals surface area contributed by atoms with Crippen molar-refractivity contribution in [2.75, 3.05) is 11.9 Å². The Labute approximate surface area is 113 Å². The highest BCUT2D eigenvalue weighted by Crippen LogP contribution is 2.19. The summed E-state index contributed by atoms with van der Waals surface area (Å²) in [6, 6.07) is 5.46. The molecule has 19 heavy (non-hydrogen) atoms. The number of hydrogen-bond acceptors (Lipinski definition) is 4. The minimum atomic E-state index is -1.67. The number of halogens is 1. The van der Waals surface area contributed by atoms with Crippen molar-refractivity contribution < 1.29 is 19.8 Å². The van der Waals surface area contributed by atoms with E-state index in [9.17, 15) is 9.59 Å². The lowest BCUT2D eigenvalue weighted by Crippen LogP contribution is -2.38. The fourth-order valence-corrected chi connectivity index (χ4v) is 1.36. The number of nitrogens with zero attached hydrogens (tertiary/aromatic N) is 1. The largest absolute Gasteiger partial charge is 0.479 e. The van der Waals surface area contributed by atoms with E-state index in [-0.39, 0.29) is 10.6 Å². The lowest BCUT2D eigenvalue weighted by Gasteiger charge is -2.09. The van der Waals surface area contributed by atoms with Crippen molar-refractivity contribution in [3.05, 3.63) is 28.8 Å². The Kier molecular flexibility index (Phi) is 5.11. The summed E-state index contributed by atoms with van der Waals surface area (Å²) in [6.45, 7) is -0.425. The molecule has 0 aromatic heterocycles. The van der Waals surface area contributed by atoms with Crippen LogP contribution in [-0.2, 0) is 4.79 Å². The van der Waals surface area contributed by atoms with Crippen molar-refractivity contribution in [3.8, 4) is 6.07 Å². The van der Waals surface area contributed by atoms with Crippen LogP contribution in [-0.4, -0.2) is 34.9 Å². The molecule has 1 atom stereocenters. The number of aliphatic hydroxyl groups is 1. The predicted molar refractivity (Wildman–Crippen MR) is 66.8 cm³/mol. The maximum absolute atomic E-state index is 11.4. The number of aliphatic carboxylic acids is 1. The maximum atomic E-state index is 11.4. The van der Waals surface area contributed by atoms with Crippen LogP contribution < -0.4 is 10.6 Å². The highest BCUT2D eigenvalue weighted by molar-refractivity contribution is 6.32. The first-order chi connectivity index (χ1) is 8.93. The Balaban J connectivity index is 2.56. The number of urea groups is 1. The molecule has 1 aromatic rings. The first-order valence-corrected chi connectivity index (χ1v) is 5.47. The van der Waals surface area contributed by atoms with Crippen LogP contribution >= 0.6 is 11.6 Å². The molecule has 0 fully saturated rings. The number of nitriles is 1. The van der Waals surface area contributed by atoms with Crippen molar-refractivity contribution in [1.29, 1.82) is 5.26 Å². The molecular formula is C11H10ClN3O4. The summed E-state index contributed by atoms with van der Waals surface area (Å²) < 4.78 is 0. The molecule has 0 aliphatic carbocycles. The van der Waals surface area contributed by atoms with Crippen molar-refractivity contribution in [1.82, 2.24) is 5.32 Å². The van der Waals surface area contributed by atoms with E-state index in [1.807, 2.05) is 6.07 Å². The number of rotatable bonds is 4. The van der Waals surface area contributed by atoms with Crippen LogP contribution in [0.3, 0.4) is 0 Å². The Morgan fingerprint density at radius 1 is 1.47 bits per heavy atom. The molecule has 100 valence electrons. The Morgan fingerprint density at radius 3 is 2.68 bits per heavy atom. The molecule has 2 amide bonds. The minimum absolute atomic E-state index is 0.186. The monoisotopic (exact) mass is 283 g/mol. The van der Waals surface area contributed by atoms with Gasteiger partial charge in [-0.15, -0.1) is 0 Å². The number of anilines is 1. The van der Waals surface area contributed by atoms with Crippen molar-refractivity contribution in [2.24, 2.45) is 0 Å². The molecule has 7 nitrogen and oxygen atoms in total. The van der Waals surface area contributed by atoms with E-state index in [4.69, 9.17) is 27.1 Å². The molecule has 0 aliphatic rings. The Bertz CT molecular complexity index is 541. The van der Waals surface area contributed by atoms with E-state index in [1.165, 1.54) is 18.2 Å². The van der Waals surface area contributed by atoms with Crippen LogP contribution in [0.15, 0.2) is 18.2 Å². The highest BCUT2D eigenvalue weighted by Gasteiger charge is 2.14. The second-order valence-electron chi connectivity index (χ2n) is 3.50. The summed E-state index contributed by atoms with van der Waals surface area (Å²) in [4.78, 5) is 21.7. The smallest absolute Gasteiger partial charge is 0.334 e. The van der Waals surface area contributed by atoms with Crippen LogP contribution in [0, 0.1) is 11.3 Å². The van der Waals surface area contributed by atoms with Crippen LogP contribution in [0.5, 0.6) is 0 Å². The summed E-state index contributed by atoms with van der Waals surface area (Å²) in [6.07, 6.45) is -1.67. The van der Waals surface area contributed by atoms with Crippen molar-refractivity contribution >= 4 is 29.3 Å². The number of carboxylic acids is 1. The topological polar surface area (TPSA) is 122 Å². The molecule has 0 radical (unpaired) electrons. The number of nitrogens with one attached hydrogen (secondary N) is 2.